The van der Waals surface area contributed by atoms with Gasteiger partial charge in [-0.3, -0.25) is 33.6 Å². The lowest BCUT2D eigenvalue weighted by Crippen LogP contribution is -2.59. The van der Waals surface area contributed by atoms with Crippen molar-refractivity contribution in [1.29, 1.82) is 0 Å². The highest BCUT2D eigenvalue weighted by atomic mass is 16.7. The van der Waals surface area contributed by atoms with Gasteiger partial charge in [0.25, 0.3) is 0 Å². The first kappa shape index (κ1) is 93.4. The lowest BCUT2D eigenvalue weighted by atomic mass is 9.99. The average Bonchev–Trinajstić information content (AvgIpc) is 0.839. The van der Waals surface area contributed by atoms with Crippen molar-refractivity contribution < 1.29 is 137 Å². The van der Waals surface area contributed by atoms with Crippen molar-refractivity contribution in [3.8, 4) is 0 Å². The molecule has 0 radical (unpaired) electrons. The van der Waals surface area contributed by atoms with E-state index in [1.54, 1.807) is 0 Å². The largest absolute Gasteiger partial charge is 0.394 e. The van der Waals surface area contributed by atoms with Crippen molar-refractivity contribution in [1.82, 2.24) is 37.2 Å². The first-order chi connectivity index (χ1) is 50.0. The minimum atomic E-state index is -1.57. The third kappa shape index (κ3) is 39.3. The highest BCUT2D eigenvalue weighted by Gasteiger charge is 2.46. The molecule has 35 heteroatoms. The molecule has 9 unspecified atom stereocenters. The molecular weight excluding hydrogens is 1370 g/mol. The van der Waals surface area contributed by atoms with E-state index in [0.717, 1.165) is 51.4 Å². The zero-order chi connectivity index (χ0) is 76.5. The number of amides is 7. The second kappa shape index (κ2) is 55.6. The number of carbonyl (C=O) groups is 7. The van der Waals surface area contributed by atoms with E-state index in [0.29, 0.717) is 64.2 Å². The van der Waals surface area contributed by atoms with Crippen molar-refractivity contribution in [3.63, 3.8) is 0 Å². The van der Waals surface area contributed by atoms with Crippen LogP contribution in [0.3, 0.4) is 0 Å². The van der Waals surface area contributed by atoms with Crippen molar-refractivity contribution in [2.45, 2.75) is 265 Å². The van der Waals surface area contributed by atoms with Crippen LogP contribution in [0.25, 0.3) is 0 Å². The minimum Gasteiger partial charge on any atom is -0.394 e. The summed E-state index contributed by atoms with van der Waals surface area (Å²) in [5.74, 6) is -2.07. The SMILES string of the molecule is C=C(C)CCCCCCCCCCC(=O)NC(COCCC(=O)NCCCNC(=O)CCCCO[C@H]1OC(CO)[C@@H](O)C(O)C1O)(COCCC(=O)NCCCNC(=O)CCCCO[C@H]1OC(CO)[C@@H](O)C(O)C1O)COCCC(=O)NCCCNC(=O)CCCCO[C@H]1OC(CO)[C@@H](O)C(O)C1O. The Hall–Kier alpha value is -4.81. The molecule has 3 aliphatic heterocycles. The Morgan fingerprint density at radius 1 is 0.317 bits per heavy atom. The summed E-state index contributed by atoms with van der Waals surface area (Å²) in [6, 6.07) is 0. The van der Waals surface area contributed by atoms with Gasteiger partial charge in [-0.25, -0.2) is 0 Å². The lowest BCUT2D eigenvalue weighted by molar-refractivity contribution is -0.301. The fourth-order valence-corrected chi connectivity index (χ4v) is 11.2. The van der Waals surface area contributed by atoms with Gasteiger partial charge in [0.05, 0.1) is 59.5 Å². The van der Waals surface area contributed by atoms with Crippen LogP contribution in [0.2, 0.25) is 0 Å². The maximum atomic E-state index is 13.9. The van der Waals surface area contributed by atoms with Crippen molar-refractivity contribution >= 4 is 41.4 Å². The summed E-state index contributed by atoms with van der Waals surface area (Å²) in [4.78, 5) is 90.3. The number of unbranched alkanes of at least 4 members (excludes halogenated alkanes) is 10. The molecule has 0 aliphatic carbocycles. The van der Waals surface area contributed by atoms with Gasteiger partial charge in [0.2, 0.25) is 41.4 Å². The van der Waals surface area contributed by atoms with E-state index in [4.69, 9.17) is 42.6 Å². The van der Waals surface area contributed by atoms with E-state index in [9.17, 15) is 94.8 Å². The van der Waals surface area contributed by atoms with Gasteiger partial charge >= 0.3 is 0 Å². The number of rotatable bonds is 60. The summed E-state index contributed by atoms with van der Waals surface area (Å²) in [5.41, 5.74) is -0.197. The molecule has 3 saturated heterocycles. The van der Waals surface area contributed by atoms with E-state index in [2.05, 4.69) is 43.8 Å². The fraction of sp³-hybridized carbons (Fsp3) is 0.870. The quantitative estimate of drug-likeness (QED) is 0.0206. The van der Waals surface area contributed by atoms with Crippen LogP contribution in [0.15, 0.2) is 12.2 Å². The van der Waals surface area contributed by atoms with Gasteiger partial charge in [0.15, 0.2) is 18.9 Å². The van der Waals surface area contributed by atoms with Gasteiger partial charge in [0.1, 0.15) is 78.8 Å². The number of hydrogen-bond acceptors (Lipinski definition) is 28. The predicted octanol–water partition coefficient (Wildman–Crippen LogP) is -3.63. The van der Waals surface area contributed by atoms with Gasteiger partial charge < -0.3 is 141 Å². The Balaban J connectivity index is 1.51. The topological polar surface area (TPSA) is 530 Å². The van der Waals surface area contributed by atoms with Gasteiger partial charge in [-0.2, -0.15) is 0 Å². The molecule has 0 spiro atoms. The summed E-state index contributed by atoms with van der Waals surface area (Å²) in [5, 5.41) is 138. The molecule has 0 bridgehead atoms. The highest BCUT2D eigenvalue weighted by molar-refractivity contribution is 5.78. The zero-order valence-corrected chi connectivity index (χ0v) is 60.7. The second-order valence-electron chi connectivity index (χ2n) is 26.8. The Morgan fingerprint density at radius 3 is 0.846 bits per heavy atom. The molecule has 19 N–H and O–H groups in total. The van der Waals surface area contributed by atoms with Gasteiger partial charge in [-0.15, -0.1) is 6.58 Å². The summed E-state index contributed by atoms with van der Waals surface area (Å²) >= 11 is 0. The Bertz CT molecular complexity index is 2180. The molecule has 0 saturated carbocycles. The number of hydrogen-bond donors (Lipinski definition) is 19. The molecule has 104 heavy (non-hydrogen) atoms. The minimum absolute atomic E-state index is 0.0748. The van der Waals surface area contributed by atoms with Crippen molar-refractivity contribution in [2.75, 3.05) is 119 Å². The molecule has 15 atom stereocenters. The van der Waals surface area contributed by atoms with Crippen LogP contribution in [0.1, 0.15) is 167 Å². The molecular formula is C69H125N7O28. The Morgan fingerprint density at radius 2 is 0.567 bits per heavy atom. The van der Waals surface area contributed by atoms with Gasteiger partial charge in [-0.1, -0.05) is 44.1 Å². The Labute approximate surface area is 609 Å². The van der Waals surface area contributed by atoms with Gasteiger partial charge in [-0.05, 0) is 84.0 Å². The standard InChI is InChI=1S/C69H125N7O28/c1-46(2)20-9-7-5-3-4-6-8-10-24-56(86)76-69(43-96-37-25-53(83)73-31-17-28-70-50(80)21-11-14-34-99-66-63(93)60(90)57(87)47(40-77)102-66,44-97-38-26-54(84)74-32-18-29-71-51(81)22-12-15-35-100-67-64(94)61(91)58(88)48(41-78)103-67)45-98-39-27-55(85)75-33-19-30-72-52(82)23-13-16-36-101-68-65(95)62(92)59(89)49(42-79)104-68/h47-49,57-68,77-79,87-95H,1,3-45H2,2H3,(H,70,80)(H,71,81)(H,72,82)(H,73,83)(H,74,84)(H,75,85)(H,76,86)/t47?,48?,49?,57-,58-,59-,60?,61?,62?,63?,64?,65?,66+,67+,68+,69?/m1/s1. The molecule has 604 valence electrons. The zero-order valence-electron chi connectivity index (χ0n) is 60.7. The van der Waals surface area contributed by atoms with Crippen molar-refractivity contribution in [3.05, 3.63) is 12.2 Å². The number of aliphatic hydroxyl groups excluding tert-OH is 12. The van der Waals surface area contributed by atoms with E-state index < -0.39 is 117 Å². The van der Waals surface area contributed by atoms with Crippen LogP contribution in [0.4, 0.5) is 0 Å². The number of nitrogens with one attached hydrogen (secondary N) is 7. The number of carbonyl (C=O) groups excluding carboxylic acids is 7. The molecule has 0 aromatic carbocycles. The number of ether oxygens (including phenoxy) is 9. The third-order valence-electron chi connectivity index (χ3n) is 17.5. The van der Waals surface area contributed by atoms with Crippen molar-refractivity contribution in [2.24, 2.45) is 0 Å². The first-order valence-electron chi connectivity index (χ1n) is 37.0. The summed E-state index contributed by atoms with van der Waals surface area (Å²) in [6.07, 6.45) is -7.89. The second-order valence-corrected chi connectivity index (χ2v) is 26.8. The fourth-order valence-electron chi connectivity index (χ4n) is 11.2. The normalized spacial score (nSPS) is 25.3. The number of aliphatic hydroxyl groups is 12. The van der Waals surface area contributed by atoms with Crippen LogP contribution in [-0.4, -0.2) is 319 Å². The Kier molecular flexibility index (Phi) is 49.9. The van der Waals surface area contributed by atoms with E-state index in [-0.39, 0.29) is 185 Å². The number of allylic oxidation sites excluding steroid dienone is 1. The molecule has 7 amide bonds. The van der Waals surface area contributed by atoms with Crippen LogP contribution in [-0.2, 0) is 76.2 Å². The van der Waals surface area contributed by atoms with Crippen LogP contribution in [0.5, 0.6) is 0 Å². The molecule has 0 aromatic rings. The molecule has 3 heterocycles. The predicted molar refractivity (Wildman–Crippen MR) is 371 cm³/mol. The van der Waals surface area contributed by atoms with Gasteiger partial charge in [0, 0.05) is 104 Å². The summed E-state index contributed by atoms with van der Waals surface area (Å²) in [6.45, 7) is 5.09. The lowest BCUT2D eigenvalue weighted by Gasteiger charge is -2.39. The first-order valence-corrected chi connectivity index (χ1v) is 37.0. The highest BCUT2D eigenvalue weighted by Crippen LogP contribution is 2.25. The smallest absolute Gasteiger partial charge is 0.222 e. The molecule has 3 rings (SSSR count). The molecule has 3 fully saturated rings. The molecule has 0 aromatic heterocycles. The molecule has 35 nitrogen and oxygen atoms in total. The van der Waals surface area contributed by atoms with Crippen LogP contribution < -0.4 is 37.2 Å². The van der Waals surface area contributed by atoms with E-state index in [1.165, 1.54) is 5.57 Å². The van der Waals surface area contributed by atoms with E-state index in [1.807, 2.05) is 6.92 Å². The third-order valence-corrected chi connectivity index (χ3v) is 17.5. The maximum absolute atomic E-state index is 13.9. The maximum Gasteiger partial charge on any atom is 0.222 e. The average molecular weight is 1500 g/mol. The summed E-state index contributed by atoms with van der Waals surface area (Å²) in [7, 11) is 0. The summed E-state index contributed by atoms with van der Waals surface area (Å²) < 4.78 is 50.7. The van der Waals surface area contributed by atoms with E-state index >= 15 is 0 Å². The monoisotopic (exact) mass is 1500 g/mol. The van der Waals surface area contributed by atoms with Crippen LogP contribution >= 0.6 is 0 Å². The van der Waals surface area contributed by atoms with Crippen LogP contribution in [0, 0.1) is 0 Å². The molecule has 3 aliphatic rings.